The van der Waals surface area contributed by atoms with Crippen molar-refractivity contribution in [1.29, 1.82) is 0 Å². The SMILES string of the molecule is Cc1cnc(N)c(C(=O)Nc2cnn3c2C(=O)C(c2ccc(C(F)(F)F)cc2)C[C@@H]3C)c1. The molecule has 0 fully saturated rings. The molecule has 1 unspecified atom stereocenters. The van der Waals surface area contributed by atoms with Crippen molar-refractivity contribution in [3.8, 4) is 0 Å². The number of halogens is 3. The molecule has 3 aromatic rings. The molecule has 32 heavy (non-hydrogen) atoms. The first-order valence-electron chi connectivity index (χ1n) is 9.88. The average Bonchev–Trinajstić information content (AvgIpc) is 3.16. The van der Waals surface area contributed by atoms with Crippen LogP contribution in [0, 0.1) is 6.92 Å². The summed E-state index contributed by atoms with van der Waals surface area (Å²) in [6.07, 6.45) is -1.16. The minimum atomic E-state index is -4.45. The fourth-order valence-electron chi connectivity index (χ4n) is 3.89. The Hall–Kier alpha value is -3.69. The lowest BCUT2D eigenvalue weighted by atomic mass is 9.84. The number of fused-ring (bicyclic) bond motifs is 1. The molecule has 166 valence electrons. The predicted octanol–water partition coefficient (Wildman–Crippen LogP) is 4.37. The fourth-order valence-corrected chi connectivity index (χ4v) is 3.89. The van der Waals surface area contributed by atoms with Crippen LogP contribution in [0.5, 0.6) is 0 Å². The molecule has 10 heteroatoms. The number of nitrogens with two attached hydrogens (primary N) is 1. The lowest BCUT2D eigenvalue weighted by Gasteiger charge is -2.28. The number of benzene rings is 1. The van der Waals surface area contributed by atoms with Crippen LogP contribution in [0.1, 0.15) is 62.8 Å². The van der Waals surface area contributed by atoms with Gasteiger partial charge in [-0.3, -0.25) is 14.3 Å². The summed E-state index contributed by atoms with van der Waals surface area (Å²) < 4.78 is 40.2. The highest BCUT2D eigenvalue weighted by Gasteiger charge is 2.37. The van der Waals surface area contributed by atoms with Crippen molar-refractivity contribution in [2.45, 2.75) is 38.4 Å². The molecule has 0 saturated heterocycles. The molecule has 1 aromatic carbocycles. The zero-order chi connectivity index (χ0) is 23.2. The Balaban J connectivity index is 1.65. The van der Waals surface area contributed by atoms with E-state index in [9.17, 15) is 22.8 Å². The van der Waals surface area contributed by atoms with Crippen LogP contribution in [-0.2, 0) is 6.18 Å². The first-order valence-corrected chi connectivity index (χ1v) is 9.88. The summed E-state index contributed by atoms with van der Waals surface area (Å²) in [4.78, 5) is 30.0. The lowest BCUT2D eigenvalue weighted by molar-refractivity contribution is -0.137. The molecule has 3 heterocycles. The first-order chi connectivity index (χ1) is 15.1. The van der Waals surface area contributed by atoms with E-state index in [1.807, 2.05) is 6.92 Å². The van der Waals surface area contributed by atoms with Gasteiger partial charge in [0, 0.05) is 6.20 Å². The zero-order valence-corrected chi connectivity index (χ0v) is 17.3. The molecular weight excluding hydrogens is 423 g/mol. The van der Waals surface area contributed by atoms with Crippen molar-refractivity contribution in [3.05, 3.63) is 70.7 Å². The van der Waals surface area contributed by atoms with Gasteiger partial charge in [0.15, 0.2) is 5.78 Å². The number of hydrogen-bond donors (Lipinski definition) is 2. The number of anilines is 2. The Morgan fingerprint density at radius 2 is 1.91 bits per heavy atom. The molecule has 1 aliphatic heterocycles. The van der Waals surface area contributed by atoms with Crippen molar-refractivity contribution in [2.24, 2.45) is 0 Å². The third-order valence-corrected chi connectivity index (χ3v) is 5.53. The van der Waals surface area contributed by atoms with Gasteiger partial charge in [-0.25, -0.2) is 4.98 Å². The van der Waals surface area contributed by atoms with E-state index in [0.717, 1.165) is 17.7 Å². The third kappa shape index (κ3) is 3.83. The van der Waals surface area contributed by atoms with Crippen molar-refractivity contribution in [3.63, 3.8) is 0 Å². The summed E-state index contributed by atoms with van der Waals surface area (Å²) in [5.41, 5.74) is 6.83. The summed E-state index contributed by atoms with van der Waals surface area (Å²) in [5, 5.41) is 6.91. The topological polar surface area (TPSA) is 103 Å². The number of carbonyl (C=O) groups excluding carboxylic acids is 2. The van der Waals surface area contributed by atoms with E-state index < -0.39 is 23.6 Å². The second-order valence-electron chi connectivity index (χ2n) is 7.87. The van der Waals surface area contributed by atoms with Gasteiger partial charge < -0.3 is 11.1 Å². The third-order valence-electron chi connectivity index (χ3n) is 5.53. The highest BCUT2D eigenvalue weighted by Crippen LogP contribution is 2.39. The van der Waals surface area contributed by atoms with Crippen LogP contribution in [-0.4, -0.2) is 26.5 Å². The van der Waals surface area contributed by atoms with E-state index in [-0.39, 0.29) is 34.6 Å². The summed E-state index contributed by atoms with van der Waals surface area (Å²) in [5.74, 6) is -1.47. The maximum atomic E-state index is 13.3. The number of Topliss-reactive ketones (excluding diaryl/α,β-unsaturated/α-hetero) is 1. The standard InChI is InChI=1S/C22H20F3N5O2/c1-11-7-16(20(26)27-9-11)21(32)29-17-10-28-30-12(2)8-15(19(31)18(17)30)13-3-5-14(6-4-13)22(23,24)25/h3-7,9-10,12,15H,8H2,1-2H3,(H2,26,27)(H,29,32)/t12-,15?/m0/s1. The van der Waals surface area contributed by atoms with Crippen LogP contribution < -0.4 is 11.1 Å². The number of aromatic nitrogens is 3. The second kappa shape index (κ2) is 7.77. The monoisotopic (exact) mass is 443 g/mol. The van der Waals surface area contributed by atoms with Crippen LogP contribution in [0.25, 0.3) is 0 Å². The minimum absolute atomic E-state index is 0.0523. The first kappa shape index (κ1) is 21.5. The molecule has 0 radical (unpaired) electrons. The number of carbonyl (C=O) groups is 2. The predicted molar refractivity (Wildman–Crippen MR) is 111 cm³/mol. The Morgan fingerprint density at radius 1 is 1.22 bits per heavy atom. The van der Waals surface area contributed by atoms with Gasteiger partial charge in [0.05, 0.1) is 35.0 Å². The molecule has 0 bridgehead atoms. The molecule has 4 rings (SSSR count). The number of amides is 1. The maximum absolute atomic E-state index is 13.3. The minimum Gasteiger partial charge on any atom is -0.383 e. The molecule has 0 spiro atoms. The van der Waals surface area contributed by atoms with Crippen LogP contribution >= 0.6 is 0 Å². The molecule has 0 saturated carbocycles. The number of pyridine rings is 1. The van der Waals surface area contributed by atoms with E-state index >= 15 is 0 Å². The maximum Gasteiger partial charge on any atom is 0.416 e. The molecule has 2 aromatic heterocycles. The fraction of sp³-hybridized carbons (Fsp3) is 0.273. The summed E-state index contributed by atoms with van der Waals surface area (Å²) in [6, 6.07) is 5.96. The largest absolute Gasteiger partial charge is 0.416 e. The zero-order valence-electron chi connectivity index (χ0n) is 17.3. The van der Waals surface area contributed by atoms with Crippen molar-refractivity contribution < 1.29 is 22.8 Å². The number of nitrogens with one attached hydrogen (secondary N) is 1. The molecule has 1 amide bonds. The number of ketones is 1. The van der Waals surface area contributed by atoms with E-state index in [1.54, 1.807) is 13.0 Å². The Bertz CT molecular complexity index is 1200. The number of nitrogens with zero attached hydrogens (tertiary/aromatic N) is 3. The Morgan fingerprint density at radius 3 is 2.56 bits per heavy atom. The van der Waals surface area contributed by atoms with E-state index in [1.165, 1.54) is 29.2 Å². The highest BCUT2D eigenvalue weighted by molar-refractivity contribution is 6.12. The van der Waals surface area contributed by atoms with Crippen LogP contribution in [0.2, 0.25) is 0 Å². The highest BCUT2D eigenvalue weighted by atomic mass is 19.4. The molecule has 1 aliphatic rings. The number of aryl methyl sites for hydroxylation is 1. The van der Waals surface area contributed by atoms with Gasteiger partial charge >= 0.3 is 6.18 Å². The van der Waals surface area contributed by atoms with E-state index in [2.05, 4.69) is 15.4 Å². The van der Waals surface area contributed by atoms with E-state index in [4.69, 9.17) is 5.73 Å². The molecule has 7 nitrogen and oxygen atoms in total. The molecule has 3 N–H and O–H groups in total. The van der Waals surface area contributed by atoms with Gasteiger partial charge in [0.25, 0.3) is 5.91 Å². The van der Waals surface area contributed by atoms with Gasteiger partial charge in [0.2, 0.25) is 0 Å². The molecule has 0 aliphatic carbocycles. The van der Waals surface area contributed by atoms with Gasteiger partial charge in [-0.1, -0.05) is 12.1 Å². The number of rotatable bonds is 3. The Kier molecular flexibility index (Phi) is 5.23. The van der Waals surface area contributed by atoms with Crippen molar-refractivity contribution in [1.82, 2.24) is 14.8 Å². The molecule has 2 atom stereocenters. The summed E-state index contributed by atoms with van der Waals surface area (Å²) in [6.45, 7) is 3.62. The summed E-state index contributed by atoms with van der Waals surface area (Å²) >= 11 is 0. The van der Waals surface area contributed by atoms with Gasteiger partial charge in [-0.2, -0.15) is 18.3 Å². The number of nitrogen functional groups attached to an aromatic ring is 1. The van der Waals surface area contributed by atoms with Gasteiger partial charge in [-0.15, -0.1) is 0 Å². The van der Waals surface area contributed by atoms with Gasteiger partial charge in [-0.05, 0) is 49.6 Å². The Labute approximate surface area is 181 Å². The van der Waals surface area contributed by atoms with Crippen molar-refractivity contribution in [2.75, 3.05) is 11.1 Å². The number of alkyl halides is 3. The van der Waals surface area contributed by atoms with Crippen LogP contribution in [0.3, 0.4) is 0 Å². The second-order valence-corrected chi connectivity index (χ2v) is 7.87. The summed E-state index contributed by atoms with van der Waals surface area (Å²) in [7, 11) is 0. The van der Waals surface area contributed by atoms with Crippen molar-refractivity contribution >= 4 is 23.2 Å². The average molecular weight is 443 g/mol. The number of hydrogen-bond acceptors (Lipinski definition) is 5. The van der Waals surface area contributed by atoms with Crippen LogP contribution in [0.4, 0.5) is 24.7 Å². The quantitative estimate of drug-likeness (QED) is 0.626. The smallest absolute Gasteiger partial charge is 0.383 e. The lowest BCUT2D eigenvalue weighted by Crippen LogP contribution is -2.29. The van der Waals surface area contributed by atoms with Gasteiger partial charge in [0.1, 0.15) is 11.5 Å². The molecular formula is C22H20F3N5O2. The normalized spacial score (nSPS) is 18.3. The van der Waals surface area contributed by atoms with Crippen LogP contribution in [0.15, 0.2) is 42.7 Å². The van der Waals surface area contributed by atoms with E-state index in [0.29, 0.717) is 12.0 Å².